The van der Waals surface area contributed by atoms with Crippen LogP contribution in [0.4, 0.5) is 4.79 Å². The number of urea groups is 1. The number of nitrogens with zero attached hydrogens (tertiary/aromatic N) is 3. The van der Waals surface area contributed by atoms with Gasteiger partial charge in [0.05, 0.1) is 0 Å². The summed E-state index contributed by atoms with van der Waals surface area (Å²) in [5.74, 6) is 1.58. The number of carbonyl (C=O) groups excluding carboxylic acids is 1. The molecule has 0 atom stereocenters. The van der Waals surface area contributed by atoms with Crippen LogP contribution >= 0.6 is 0 Å². The molecule has 1 spiro atoms. The Labute approximate surface area is 112 Å². The van der Waals surface area contributed by atoms with E-state index >= 15 is 0 Å². The summed E-state index contributed by atoms with van der Waals surface area (Å²) in [4.78, 5) is 17.9. The average Bonchev–Trinajstić information content (AvgIpc) is 2.99. The molecule has 0 bridgehead atoms. The summed E-state index contributed by atoms with van der Waals surface area (Å²) in [7, 11) is 0. The molecule has 6 heteroatoms. The fourth-order valence-electron chi connectivity index (χ4n) is 2.39. The molecule has 19 heavy (non-hydrogen) atoms. The fourth-order valence-corrected chi connectivity index (χ4v) is 2.39. The summed E-state index contributed by atoms with van der Waals surface area (Å²) in [6.07, 6.45) is 3.16. The van der Waals surface area contributed by atoms with E-state index in [1.807, 2.05) is 18.7 Å². The Kier molecular flexibility index (Phi) is 2.95. The second-order valence-corrected chi connectivity index (χ2v) is 6.04. The van der Waals surface area contributed by atoms with Crippen molar-refractivity contribution in [3.63, 3.8) is 0 Å². The summed E-state index contributed by atoms with van der Waals surface area (Å²) in [6.45, 7) is 6.44. The van der Waals surface area contributed by atoms with Gasteiger partial charge in [0.25, 0.3) is 0 Å². The van der Waals surface area contributed by atoms with E-state index in [9.17, 15) is 4.79 Å². The van der Waals surface area contributed by atoms with Gasteiger partial charge in [-0.3, -0.25) is 0 Å². The molecule has 0 aromatic carbocycles. The molecule has 1 saturated heterocycles. The van der Waals surface area contributed by atoms with Gasteiger partial charge in [0.1, 0.15) is 0 Å². The van der Waals surface area contributed by atoms with Crippen LogP contribution in [0.3, 0.4) is 0 Å². The molecule has 2 amide bonds. The zero-order chi connectivity index (χ0) is 13.5. The molecule has 2 aliphatic rings. The van der Waals surface area contributed by atoms with Crippen molar-refractivity contribution in [2.24, 2.45) is 5.41 Å². The van der Waals surface area contributed by atoms with E-state index in [4.69, 9.17) is 4.52 Å². The summed E-state index contributed by atoms with van der Waals surface area (Å²) in [5.41, 5.74) is 0.510. The van der Waals surface area contributed by atoms with Crippen molar-refractivity contribution in [1.29, 1.82) is 0 Å². The maximum Gasteiger partial charge on any atom is 0.317 e. The van der Waals surface area contributed by atoms with Gasteiger partial charge in [0, 0.05) is 37.4 Å². The Morgan fingerprint density at radius 3 is 2.79 bits per heavy atom. The first kappa shape index (κ1) is 12.4. The van der Waals surface area contributed by atoms with Crippen LogP contribution in [-0.4, -0.2) is 40.7 Å². The van der Waals surface area contributed by atoms with E-state index < -0.39 is 0 Å². The van der Waals surface area contributed by atoms with Gasteiger partial charge in [-0.2, -0.15) is 4.98 Å². The van der Waals surface area contributed by atoms with E-state index in [1.54, 1.807) is 0 Å². The number of nitrogens with one attached hydrogen (secondary N) is 1. The standard InChI is InChI=1S/C13H20N4O2/c1-9(2)11-15-10(19-16-11)3-6-14-12(18)17-7-13(8-17)4-5-13/h9H,3-8H2,1-2H3,(H,14,18). The molecule has 1 aromatic rings. The van der Waals surface area contributed by atoms with Gasteiger partial charge in [0.15, 0.2) is 5.82 Å². The van der Waals surface area contributed by atoms with Gasteiger partial charge < -0.3 is 14.7 Å². The highest BCUT2D eigenvalue weighted by molar-refractivity contribution is 5.75. The number of aromatic nitrogens is 2. The molecular formula is C13H20N4O2. The maximum absolute atomic E-state index is 11.8. The predicted octanol–water partition coefficient (Wildman–Crippen LogP) is 1.54. The van der Waals surface area contributed by atoms with Crippen molar-refractivity contribution in [3.05, 3.63) is 11.7 Å². The Morgan fingerprint density at radius 2 is 2.21 bits per heavy atom. The minimum Gasteiger partial charge on any atom is -0.339 e. The number of amides is 2. The zero-order valence-corrected chi connectivity index (χ0v) is 11.5. The monoisotopic (exact) mass is 264 g/mol. The van der Waals surface area contributed by atoms with Crippen LogP contribution < -0.4 is 5.32 Å². The number of carbonyl (C=O) groups is 1. The van der Waals surface area contributed by atoms with Crippen molar-refractivity contribution in [3.8, 4) is 0 Å². The highest BCUT2D eigenvalue weighted by Gasteiger charge is 2.53. The highest BCUT2D eigenvalue weighted by Crippen LogP contribution is 2.52. The first-order chi connectivity index (χ1) is 9.08. The normalized spacial score (nSPS) is 19.6. The van der Waals surface area contributed by atoms with Crippen LogP contribution in [0, 0.1) is 5.41 Å². The predicted molar refractivity (Wildman–Crippen MR) is 68.7 cm³/mol. The lowest BCUT2D eigenvalue weighted by Gasteiger charge is -2.39. The quantitative estimate of drug-likeness (QED) is 0.895. The van der Waals surface area contributed by atoms with Crippen molar-refractivity contribution in [1.82, 2.24) is 20.4 Å². The van der Waals surface area contributed by atoms with E-state index in [0.29, 0.717) is 24.3 Å². The number of hydrogen-bond donors (Lipinski definition) is 1. The average molecular weight is 264 g/mol. The number of likely N-dealkylation sites (tertiary alicyclic amines) is 1. The molecule has 2 fully saturated rings. The topological polar surface area (TPSA) is 71.3 Å². The minimum absolute atomic E-state index is 0.0288. The molecule has 0 unspecified atom stereocenters. The molecule has 1 aliphatic carbocycles. The van der Waals surface area contributed by atoms with Crippen LogP contribution in [0.15, 0.2) is 4.52 Å². The van der Waals surface area contributed by atoms with Crippen LogP contribution in [0.25, 0.3) is 0 Å². The lowest BCUT2D eigenvalue weighted by molar-refractivity contribution is 0.106. The molecule has 1 aliphatic heterocycles. The van der Waals surface area contributed by atoms with E-state index in [2.05, 4.69) is 15.5 Å². The van der Waals surface area contributed by atoms with Gasteiger partial charge in [-0.25, -0.2) is 4.79 Å². The maximum atomic E-state index is 11.8. The summed E-state index contributed by atoms with van der Waals surface area (Å²) in [6, 6.07) is 0.0288. The largest absolute Gasteiger partial charge is 0.339 e. The molecule has 1 N–H and O–H groups in total. The van der Waals surface area contributed by atoms with E-state index in [-0.39, 0.29) is 11.9 Å². The third kappa shape index (κ3) is 2.57. The van der Waals surface area contributed by atoms with Gasteiger partial charge in [-0.15, -0.1) is 0 Å². The lowest BCUT2D eigenvalue weighted by Crippen LogP contribution is -2.55. The van der Waals surface area contributed by atoms with E-state index in [1.165, 1.54) is 12.8 Å². The van der Waals surface area contributed by atoms with Gasteiger partial charge in [0.2, 0.25) is 5.89 Å². The Hall–Kier alpha value is -1.59. The van der Waals surface area contributed by atoms with Crippen molar-refractivity contribution < 1.29 is 9.32 Å². The smallest absolute Gasteiger partial charge is 0.317 e. The molecule has 6 nitrogen and oxygen atoms in total. The second kappa shape index (κ2) is 4.51. The van der Waals surface area contributed by atoms with Crippen LogP contribution in [0.1, 0.15) is 44.3 Å². The Bertz CT molecular complexity index is 471. The molecule has 0 radical (unpaired) electrons. The molecular weight excluding hydrogens is 244 g/mol. The molecule has 1 saturated carbocycles. The second-order valence-electron chi connectivity index (χ2n) is 6.04. The highest BCUT2D eigenvalue weighted by atomic mass is 16.5. The van der Waals surface area contributed by atoms with Crippen LogP contribution in [0.2, 0.25) is 0 Å². The van der Waals surface area contributed by atoms with E-state index in [0.717, 1.165) is 18.9 Å². The minimum atomic E-state index is 0.0288. The molecule has 2 heterocycles. The summed E-state index contributed by atoms with van der Waals surface area (Å²) >= 11 is 0. The SMILES string of the molecule is CC(C)c1noc(CCNC(=O)N2CC3(CC3)C2)n1. The Balaban J connectivity index is 1.39. The third-order valence-corrected chi connectivity index (χ3v) is 3.91. The van der Waals surface area contributed by atoms with Gasteiger partial charge in [-0.1, -0.05) is 19.0 Å². The zero-order valence-electron chi connectivity index (χ0n) is 11.5. The summed E-state index contributed by atoms with van der Waals surface area (Å²) in [5, 5.41) is 6.79. The van der Waals surface area contributed by atoms with Gasteiger partial charge in [-0.05, 0) is 12.8 Å². The van der Waals surface area contributed by atoms with Crippen LogP contribution in [-0.2, 0) is 6.42 Å². The fraction of sp³-hybridized carbons (Fsp3) is 0.769. The summed E-state index contributed by atoms with van der Waals surface area (Å²) < 4.78 is 5.13. The Morgan fingerprint density at radius 1 is 1.47 bits per heavy atom. The first-order valence-electron chi connectivity index (χ1n) is 6.93. The first-order valence-corrected chi connectivity index (χ1v) is 6.93. The van der Waals surface area contributed by atoms with Crippen LogP contribution in [0.5, 0.6) is 0 Å². The number of hydrogen-bond acceptors (Lipinski definition) is 4. The number of rotatable bonds is 4. The van der Waals surface area contributed by atoms with Crippen molar-refractivity contribution in [2.75, 3.05) is 19.6 Å². The molecule has 3 rings (SSSR count). The molecule has 1 aromatic heterocycles. The van der Waals surface area contributed by atoms with Crippen molar-refractivity contribution in [2.45, 2.75) is 39.0 Å². The molecule has 104 valence electrons. The van der Waals surface area contributed by atoms with Gasteiger partial charge >= 0.3 is 6.03 Å². The third-order valence-electron chi connectivity index (χ3n) is 3.91. The lowest BCUT2D eigenvalue weighted by atomic mass is 9.98. The van der Waals surface area contributed by atoms with Crippen molar-refractivity contribution >= 4 is 6.03 Å².